The summed E-state index contributed by atoms with van der Waals surface area (Å²) >= 11 is 6.09. The largest absolute Gasteiger partial charge is 0.444 e. The molecule has 2 aromatic carbocycles. The van der Waals surface area contributed by atoms with E-state index in [1.807, 2.05) is 46.8 Å². The molecule has 33 heavy (non-hydrogen) atoms. The molecule has 2 aromatic rings. The monoisotopic (exact) mass is 496 g/mol. The molecule has 182 valence electrons. The van der Waals surface area contributed by atoms with E-state index in [2.05, 4.69) is 6.07 Å². The van der Waals surface area contributed by atoms with E-state index in [4.69, 9.17) is 26.6 Å². The molecule has 2 atom stereocenters. The number of carbonyl (C=O) groups excluding carboxylic acids is 1. The summed E-state index contributed by atoms with van der Waals surface area (Å²) in [6.45, 7) is 10.7. The second-order valence-corrected chi connectivity index (χ2v) is 11.1. The van der Waals surface area contributed by atoms with Crippen molar-refractivity contribution in [1.29, 1.82) is 0 Å². The second kappa shape index (κ2) is 10.9. The SMILES string of the molecule is Cc1cc([C@@H]2CN(C(=O)OC(C)(C)C)CC[C@H]2N)ccc1Cl.Cc1ccc(S(=O)(=O)O)cc1. The van der Waals surface area contributed by atoms with Gasteiger partial charge in [0.15, 0.2) is 0 Å². The van der Waals surface area contributed by atoms with Gasteiger partial charge in [-0.1, -0.05) is 41.4 Å². The van der Waals surface area contributed by atoms with E-state index < -0.39 is 15.7 Å². The highest BCUT2D eigenvalue weighted by atomic mass is 35.5. The number of benzene rings is 2. The molecule has 1 aliphatic rings. The Hall–Kier alpha value is -2.13. The maximum atomic E-state index is 12.3. The number of aryl methyl sites for hydroxylation is 2. The third-order valence-electron chi connectivity index (χ3n) is 5.25. The van der Waals surface area contributed by atoms with E-state index >= 15 is 0 Å². The number of carbonyl (C=O) groups is 1. The number of nitrogens with two attached hydrogens (primary N) is 1. The molecular formula is C24H33ClN2O5S. The summed E-state index contributed by atoms with van der Waals surface area (Å²) in [5.74, 6) is 0.109. The van der Waals surface area contributed by atoms with Gasteiger partial charge in [0.2, 0.25) is 0 Å². The number of hydrogen-bond donors (Lipinski definition) is 2. The Morgan fingerprint density at radius 1 is 1.15 bits per heavy atom. The van der Waals surface area contributed by atoms with Crippen molar-refractivity contribution in [3.05, 3.63) is 64.2 Å². The van der Waals surface area contributed by atoms with Crippen LogP contribution in [0.15, 0.2) is 47.4 Å². The molecule has 3 rings (SSSR count). The van der Waals surface area contributed by atoms with Crippen LogP contribution in [0.2, 0.25) is 5.02 Å². The topological polar surface area (TPSA) is 110 Å². The molecule has 0 aliphatic carbocycles. The molecule has 3 N–H and O–H groups in total. The molecular weight excluding hydrogens is 464 g/mol. The van der Waals surface area contributed by atoms with E-state index in [1.165, 1.54) is 12.1 Å². The molecule has 0 saturated carbocycles. The van der Waals surface area contributed by atoms with Gasteiger partial charge < -0.3 is 15.4 Å². The molecule has 9 heteroatoms. The summed E-state index contributed by atoms with van der Waals surface area (Å²) in [5, 5.41) is 0.747. The minimum absolute atomic E-state index is 0.0410. The Morgan fingerprint density at radius 3 is 2.27 bits per heavy atom. The zero-order valence-electron chi connectivity index (χ0n) is 19.7. The van der Waals surface area contributed by atoms with Crippen molar-refractivity contribution in [3.63, 3.8) is 0 Å². The first-order valence-corrected chi connectivity index (χ1v) is 12.5. The fraction of sp³-hybridized carbons (Fsp3) is 0.458. The molecule has 0 unspecified atom stereocenters. The number of halogens is 1. The van der Waals surface area contributed by atoms with E-state index in [-0.39, 0.29) is 22.9 Å². The van der Waals surface area contributed by atoms with Crippen molar-refractivity contribution in [3.8, 4) is 0 Å². The number of nitrogens with zero attached hydrogens (tertiary/aromatic N) is 1. The van der Waals surface area contributed by atoms with E-state index in [1.54, 1.807) is 17.0 Å². The van der Waals surface area contributed by atoms with Crippen LogP contribution >= 0.6 is 11.6 Å². The molecule has 0 spiro atoms. The van der Waals surface area contributed by atoms with Gasteiger partial charge in [-0.25, -0.2) is 4.79 Å². The van der Waals surface area contributed by atoms with Crippen LogP contribution in [0.1, 0.15) is 49.8 Å². The molecule has 1 aliphatic heterocycles. The van der Waals surface area contributed by atoms with Crippen LogP contribution < -0.4 is 5.73 Å². The van der Waals surface area contributed by atoms with Crippen LogP contribution in [-0.2, 0) is 14.9 Å². The Labute approximate surface area is 201 Å². The first-order chi connectivity index (χ1) is 15.2. The normalized spacial score (nSPS) is 18.8. The predicted molar refractivity (Wildman–Crippen MR) is 130 cm³/mol. The molecule has 1 fully saturated rings. The lowest BCUT2D eigenvalue weighted by atomic mass is 9.86. The van der Waals surface area contributed by atoms with Crippen molar-refractivity contribution in [2.75, 3.05) is 13.1 Å². The minimum Gasteiger partial charge on any atom is -0.444 e. The average molecular weight is 497 g/mol. The van der Waals surface area contributed by atoms with Gasteiger partial charge in [-0.3, -0.25) is 4.55 Å². The number of piperidine rings is 1. The highest BCUT2D eigenvalue weighted by molar-refractivity contribution is 7.85. The van der Waals surface area contributed by atoms with Gasteiger partial charge in [-0.05, 0) is 70.4 Å². The molecule has 0 aromatic heterocycles. The highest BCUT2D eigenvalue weighted by Gasteiger charge is 2.32. The lowest BCUT2D eigenvalue weighted by molar-refractivity contribution is 0.0186. The van der Waals surface area contributed by atoms with Crippen molar-refractivity contribution < 1.29 is 22.5 Å². The Morgan fingerprint density at radius 2 is 1.76 bits per heavy atom. The highest BCUT2D eigenvalue weighted by Crippen LogP contribution is 2.29. The van der Waals surface area contributed by atoms with Gasteiger partial charge in [0.05, 0.1) is 4.90 Å². The summed E-state index contributed by atoms with van der Waals surface area (Å²) in [6.07, 6.45) is 0.501. The zero-order valence-corrected chi connectivity index (χ0v) is 21.3. The maximum absolute atomic E-state index is 12.3. The van der Waals surface area contributed by atoms with E-state index in [0.717, 1.165) is 28.1 Å². The molecule has 0 radical (unpaired) electrons. The van der Waals surface area contributed by atoms with E-state index in [9.17, 15) is 13.2 Å². The lowest BCUT2D eigenvalue weighted by Crippen LogP contribution is -2.49. The fourth-order valence-electron chi connectivity index (χ4n) is 3.42. The number of amides is 1. The van der Waals surface area contributed by atoms with Crippen molar-refractivity contribution in [2.24, 2.45) is 5.73 Å². The molecule has 1 saturated heterocycles. The maximum Gasteiger partial charge on any atom is 0.410 e. The van der Waals surface area contributed by atoms with Crippen LogP contribution in [-0.4, -0.2) is 48.7 Å². The second-order valence-electron chi connectivity index (χ2n) is 9.28. The first-order valence-electron chi connectivity index (χ1n) is 10.7. The summed E-state index contributed by atoms with van der Waals surface area (Å²) in [4.78, 5) is 13.9. The molecule has 7 nitrogen and oxygen atoms in total. The Balaban J connectivity index is 0.000000294. The third-order valence-corrected chi connectivity index (χ3v) is 6.54. The standard InChI is InChI=1S/C17H25ClN2O2.C7H8O3S/c1-11-9-12(5-6-14(11)18)13-10-20(8-7-15(13)19)16(21)22-17(2,3)4;1-6-2-4-7(5-3-6)11(8,9)10/h5-6,9,13,15H,7-8,10,19H2,1-4H3;2-5H,1H3,(H,8,9,10)/t13-,15+;/m0./s1. The van der Waals surface area contributed by atoms with Crippen molar-refractivity contribution in [2.45, 2.75) is 63.5 Å². The number of likely N-dealkylation sites (tertiary alicyclic amines) is 1. The van der Waals surface area contributed by atoms with Crippen LogP contribution in [0, 0.1) is 13.8 Å². The van der Waals surface area contributed by atoms with Gasteiger partial charge >= 0.3 is 6.09 Å². The summed E-state index contributed by atoms with van der Waals surface area (Å²) < 4.78 is 35.0. The molecule has 1 heterocycles. The number of hydrogen-bond acceptors (Lipinski definition) is 5. The fourth-order valence-corrected chi connectivity index (χ4v) is 4.02. The van der Waals surface area contributed by atoms with Crippen LogP contribution in [0.3, 0.4) is 0 Å². The zero-order chi connectivity index (χ0) is 25.0. The number of rotatable bonds is 2. The summed E-state index contributed by atoms with van der Waals surface area (Å²) in [6, 6.07) is 12.0. The summed E-state index contributed by atoms with van der Waals surface area (Å²) in [7, 11) is -4.02. The quantitative estimate of drug-likeness (QED) is 0.569. The lowest BCUT2D eigenvalue weighted by Gasteiger charge is -2.38. The van der Waals surface area contributed by atoms with Gasteiger partial charge in [0, 0.05) is 30.1 Å². The first kappa shape index (κ1) is 27.1. The van der Waals surface area contributed by atoms with Gasteiger partial charge in [0.1, 0.15) is 5.60 Å². The van der Waals surface area contributed by atoms with Crippen molar-refractivity contribution in [1.82, 2.24) is 4.90 Å². The Kier molecular flexibility index (Phi) is 8.93. The Bertz CT molecular complexity index is 1070. The molecule has 0 bridgehead atoms. The van der Waals surface area contributed by atoms with Crippen LogP contribution in [0.5, 0.6) is 0 Å². The average Bonchev–Trinajstić information content (AvgIpc) is 2.69. The third kappa shape index (κ3) is 8.30. The minimum atomic E-state index is -4.02. The smallest absolute Gasteiger partial charge is 0.410 e. The van der Waals surface area contributed by atoms with Gasteiger partial charge in [-0.2, -0.15) is 8.42 Å². The van der Waals surface area contributed by atoms with Crippen molar-refractivity contribution >= 4 is 27.8 Å². The van der Waals surface area contributed by atoms with E-state index in [0.29, 0.717) is 13.1 Å². The van der Waals surface area contributed by atoms with Gasteiger partial charge in [-0.15, -0.1) is 0 Å². The van der Waals surface area contributed by atoms with Gasteiger partial charge in [0.25, 0.3) is 10.1 Å². The molecule has 1 amide bonds. The van der Waals surface area contributed by atoms with Crippen LogP contribution in [0.4, 0.5) is 4.79 Å². The summed E-state index contributed by atoms with van der Waals surface area (Å²) in [5.41, 5.74) is 8.91. The van der Waals surface area contributed by atoms with Crippen LogP contribution in [0.25, 0.3) is 0 Å². The number of ether oxygens (including phenoxy) is 1. The predicted octanol–water partition coefficient (Wildman–Crippen LogP) is 4.94.